The van der Waals surface area contributed by atoms with Crippen LogP contribution in [0.25, 0.3) is 0 Å². The van der Waals surface area contributed by atoms with E-state index >= 15 is 0 Å². The van der Waals surface area contributed by atoms with Crippen LogP contribution in [0.4, 0.5) is 5.69 Å². The Bertz CT molecular complexity index is 816. The first kappa shape index (κ1) is 18.6. The van der Waals surface area contributed by atoms with Gasteiger partial charge in [0.1, 0.15) is 4.60 Å². The van der Waals surface area contributed by atoms with Gasteiger partial charge in [-0.1, -0.05) is 0 Å². The van der Waals surface area contributed by atoms with E-state index in [1.807, 2.05) is 0 Å². The molecule has 28 heavy (non-hydrogen) atoms. The summed E-state index contributed by atoms with van der Waals surface area (Å²) >= 11 is 3.29. The Morgan fingerprint density at radius 2 is 1.96 bits per heavy atom. The molecular formula is C21H26BrN3O3. The van der Waals surface area contributed by atoms with E-state index in [9.17, 15) is 14.7 Å². The van der Waals surface area contributed by atoms with Crippen molar-refractivity contribution in [3.8, 4) is 0 Å². The van der Waals surface area contributed by atoms with Crippen molar-refractivity contribution in [3.63, 3.8) is 0 Å². The molecule has 1 saturated heterocycles. The van der Waals surface area contributed by atoms with Crippen molar-refractivity contribution in [3.05, 3.63) is 22.9 Å². The summed E-state index contributed by atoms with van der Waals surface area (Å²) in [5, 5.41) is 12.9. The predicted octanol–water partition coefficient (Wildman–Crippen LogP) is 3.10. The lowest BCUT2D eigenvalue weighted by Crippen LogP contribution is -2.37. The zero-order chi connectivity index (χ0) is 19.6. The lowest BCUT2D eigenvalue weighted by molar-refractivity contribution is -0.148. The molecule has 150 valence electrons. The molecule has 2 N–H and O–H groups in total. The number of amides is 1. The summed E-state index contributed by atoms with van der Waals surface area (Å²) in [6, 6.07) is 3.57. The average Bonchev–Trinajstić information content (AvgIpc) is 2.94. The van der Waals surface area contributed by atoms with Gasteiger partial charge in [0, 0.05) is 6.54 Å². The number of carboxylic acids is 1. The molecular weight excluding hydrogens is 422 g/mol. The summed E-state index contributed by atoms with van der Waals surface area (Å²) in [4.78, 5) is 31.9. The molecule has 7 heteroatoms. The molecule has 1 aromatic rings. The van der Waals surface area contributed by atoms with Crippen LogP contribution in [0.3, 0.4) is 0 Å². The van der Waals surface area contributed by atoms with Crippen molar-refractivity contribution in [1.29, 1.82) is 0 Å². The third-order valence-corrected chi connectivity index (χ3v) is 8.58. The Balaban J connectivity index is 1.40. The Morgan fingerprint density at radius 3 is 2.57 bits per heavy atom. The van der Waals surface area contributed by atoms with Gasteiger partial charge in [-0.05, 0) is 96.4 Å². The number of carbonyl (C=O) groups excluding carboxylic acids is 1. The smallest absolute Gasteiger partial charge is 0.307 e. The predicted molar refractivity (Wildman–Crippen MR) is 108 cm³/mol. The van der Waals surface area contributed by atoms with Crippen molar-refractivity contribution in [2.24, 2.45) is 40.9 Å². The van der Waals surface area contributed by atoms with Crippen LogP contribution in [0, 0.1) is 40.9 Å². The van der Waals surface area contributed by atoms with Gasteiger partial charge in [0.25, 0.3) is 0 Å². The lowest BCUT2D eigenvalue weighted by atomic mass is 9.78. The minimum atomic E-state index is -0.796. The number of hydrogen-bond donors (Lipinski definition) is 2. The van der Waals surface area contributed by atoms with Crippen LogP contribution in [-0.4, -0.2) is 47.0 Å². The summed E-state index contributed by atoms with van der Waals surface area (Å²) in [6.07, 6.45) is 5.89. The topological polar surface area (TPSA) is 82.5 Å². The Kier molecular flexibility index (Phi) is 4.32. The monoisotopic (exact) mass is 447 g/mol. The Labute approximate surface area is 173 Å². The average molecular weight is 448 g/mol. The number of halogens is 1. The van der Waals surface area contributed by atoms with Crippen LogP contribution in [0.15, 0.2) is 22.9 Å². The van der Waals surface area contributed by atoms with Crippen molar-refractivity contribution in [1.82, 2.24) is 9.88 Å². The lowest BCUT2D eigenvalue weighted by Gasteiger charge is -2.26. The molecule has 4 fully saturated rings. The number of carboxylic acid groups (broad SMARTS) is 1. The van der Waals surface area contributed by atoms with Crippen LogP contribution in [0.1, 0.15) is 25.7 Å². The minimum absolute atomic E-state index is 0.0961. The zero-order valence-corrected chi connectivity index (χ0v) is 17.6. The van der Waals surface area contributed by atoms with E-state index < -0.39 is 17.8 Å². The van der Waals surface area contributed by atoms with E-state index in [1.54, 1.807) is 18.3 Å². The highest BCUT2D eigenvalue weighted by Crippen LogP contribution is 2.79. The first-order chi connectivity index (χ1) is 13.4. The molecule has 5 rings (SSSR count). The molecule has 6 nitrogen and oxygen atoms in total. The summed E-state index contributed by atoms with van der Waals surface area (Å²) in [7, 11) is 2.17. The van der Waals surface area contributed by atoms with E-state index in [0.717, 1.165) is 32.4 Å². The van der Waals surface area contributed by atoms with Crippen LogP contribution >= 0.6 is 15.9 Å². The number of anilines is 1. The second-order valence-electron chi connectivity index (χ2n) is 9.27. The maximum atomic E-state index is 13.2. The second-order valence-corrected chi connectivity index (χ2v) is 10.1. The maximum Gasteiger partial charge on any atom is 0.307 e. The van der Waals surface area contributed by atoms with Gasteiger partial charge < -0.3 is 15.3 Å². The summed E-state index contributed by atoms with van der Waals surface area (Å²) in [5.74, 6) is -0.283. The first-order valence-electron chi connectivity index (χ1n) is 10.3. The SMILES string of the molecule is CN1CCC(C2CC23[C@@H]2CC[C@H]3[C@@H](C(=O)Nc3ccc(Br)nc3)[C@@H]2C(=O)O)C1. The van der Waals surface area contributed by atoms with Crippen molar-refractivity contribution >= 4 is 33.5 Å². The molecule has 1 aromatic heterocycles. The fourth-order valence-corrected chi connectivity index (χ4v) is 7.36. The highest BCUT2D eigenvalue weighted by molar-refractivity contribution is 9.10. The van der Waals surface area contributed by atoms with Gasteiger partial charge in [-0.2, -0.15) is 0 Å². The van der Waals surface area contributed by atoms with E-state index in [1.165, 1.54) is 6.42 Å². The number of likely N-dealkylation sites (tertiary alicyclic amines) is 1. The molecule has 4 aliphatic rings. The molecule has 3 saturated carbocycles. The van der Waals surface area contributed by atoms with Gasteiger partial charge in [-0.3, -0.25) is 9.59 Å². The molecule has 3 aliphatic carbocycles. The number of pyridine rings is 1. The van der Waals surface area contributed by atoms with Crippen LogP contribution in [0.5, 0.6) is 0 Å². The molecule has 7 atom stereocenters. The molecule has 1 amide bonds. The van der Waals surface area contributed by atoms with E-state index in [0.29, 0.717) is 22.1 Å². The first-order valence-corrected chi connectivity index (χ1v) is 11.0. The van der Waals surface area contributed by atoms with Gasteiger partial charge in [-0.25, -0.2) is 4.98 Å². The molecule has 2 bridgehead atoms. The van der Waals surface area contributed by atoms with Crippen LogP contribution < -0.4 is 5.32 Å². The molecule has 1 aliphatic heterocycles. The van der Waals surface area contributed by atoms with Gasteiger partial charge in [0.15, 0.2) is 0 Å². The van der Waals surface area contributed by atoms with Crippen molar-refractivity contribution in [2.45, 2.75) is 25.7 Å². The highest BCUT2D eigenvalue weighted by Gasteiger charge is 2.77. The number of carbonyl (C=O) groups is 2. The molecule has 3 unspecified atom stereocenters. The number of aromatic nitrogens is 1. The third-order valence-electron chi connectivity index (χ3n) is 8.11. The molecule has 0 radical (unpaired) electrons. The minimum Gasteiger partial charge on any atom is -0.481 e. The van der Waals surface area contributed by atoms with Gasteiger partial charge in [0.05, 0.1) is 23.7 Å². The van der Waals surface area contributed by atoms with Crippen molar-refractivity contribution < 1.29 is 14.7 Å². The van der Waals surface area contributed by atoms with Gasteiger partial charge in [0.2, 0.25) is 5.91 Å². The van der Waals surface area contributed by atoms with Gasteiger partial charge in [-0.15, -0.1) is 0 Å². The van der Waals surface area contributed by atoms with E-state index in [-0.39, 0.29) is 23.2 Å². The summed E-state index contributed by atoms with van der Waals surface area (Å²) in [6.45, 7) is 2.25. The summed E-state index contributed by atoms with van der Waals surface area (Å²) in [5.41, 5.74) is 0.720. The van der Waals surface area contributed by atoms with Crippen molar-refractivity contribution in [2.75, 3.05) is 25.5 Å². The normalized spacial score (nSPS) is 41.5. The Hall–Kier alpha value is -1.47. The second kappa shape index (κ2) is 6.52. The fraction of sp³-hybridized carbons (Fsp3) is 0.667. The van der Waals surface area contributed by atoms with Crippen LogP contribution in [-0.2, 0) is 9.59 Å². The standard InChI is InChI=1S/C21H26BrN3O3/c1-25-7-6-11(10-25)15-8-21(15)13-3-4-14(21)18(20(27)28)17(13)19(26)24-12-2-5-16(22)23-9-12/h2,5,9,11,13-15,17-18H,3-4,6-8,10H2,1H3,(H,24,26)(H,27,28)/t11?,13-,14+,15?,17+,18+,21?/m0/s1. The number of nitrogens with one attached hydrogen (secondary N) is 1. The van der Waals surface area contributed by atoms with Gasteiger partial charge >= 0.3 is 5.97 Å². The largest absolute Gasteiger partial charge is 0.481 e. The number of rotatable bonds is 4. The van der Waals surface area contributed by atoms with Crippen LogP contribution in [0.2, 0.25) is 0 Å². The maximum absolute atomic E-state index is 13.2. The third kappa shape index (κ3) is 2.65. The van der Waals surface area contributed by atoms with E-state index in [2.05, 4.69) is 38.2 Å². The molecule has 0 aromatic carbocycles. The quantitative estimate of drug-likeness (QED) is 0.692. The molecule has 1 spiro atoms. The number of nitrogens with zero attached hydrogens (tertiary/aromatic N) is 2. The highest BCUT2D eigenvalue weighted by atomic mass is 79.9. The number of hydrogen-bond acceptors (Lipinski definition) is 4. The van der Waals surface area contributed by atoms with E-state index in [4.69, 9.17) is 0 Å². The zero-order valence-electron chi connectivity index (χ0n) is 16.0. The fourth-order valence-electron chi connectivity index (χ4n) is 7.12. The molecule has 2 heterocycles. The Morgan fingerprint density at radius 1 is 1.21 bits per heavy atom. The number of aliphatic carboxylic acids is 1. The summed E-state index contributed by atoms with van der Waals surface area (Å²) < 4.78 is 0.704.